The van der Waals surface area contributed by atoms with Gasteiger partial charge in [0.25, 0.3) is 10.0 Å². The van der Waals surface area contributed by atoms with Crippen molar-refractivity contribution in [3.05, 3.63) is 40.3 Å². The lowest BCUT2D eigenvalue weighted by atomic mass is 10.2. The Morgan fingerprint density at radius 3 is 2.54 bits per heavy atom. The number of aromatic nitrogens is 3. The number of carbonyl (C=O) groups excluding carboxylic acids is 2. The van der Waals surface area contributed by atoms with E-state index < -0.39 is 32.6 Å². The standard InChI is InChI=1S/C14H16N4O7S/c1-4-25-13-15-18(14(21)17(13)2)12(20)16-26(22,23)10-8-6-5-7-9(10)11(19)24-3/h5-8H,4H2,1-3H3,(H,16,20). The molecule has 0 spiro atoms. The second-order valence-corrected chi connectivity index (χ2v) is 6.52. The van der Waals surface area contributed by atoms with Gasteiger partial charge in [-0.15, -0.1) is 9.78 Å². The van der Waals surface area contributed by atoms with E-state index in [9.17, 15) is 22.8 Å². The van der Waals surface area contributed by atoms with Crippen LogP contribution in [0.3, 0.4) is 0 Å². The fourth-order valence-electron chi connectivity index (χ4n) is 2.00. The predicted molar refractivity (Wildman–Crippen MR) is 87.5 cm³/mol. The van der Waals surface area contributed by atoms with Crippen LogP contribution < -0.4 is 15.1 Å². The van der Waals surface area contributed by atoms with Crippen molar-refractivity contribution >= 4 is 22.0 Å². The van der Waals surface area contributed by atoms with Crippen molar-refractivity contribution in [2.24, 2.45) is 7.05 Å². The molecule has 0 radical (unpaired) electrons. The van der Waals surface area contributed by atoms with E-state index in [1.54, 1.807) is 11.6 Å². The van der Waals surface area contributed by atoms with E-state index in [0.29, 0.717) is 4.68 Å². The first-order valence-corrected chi connectivity index (χ1v) is 8.74. The first kappa shape index (κ1) is 19.2. The summed E-state index contributed by atoms with van der Waals surface area (Å²) in [7, 11) is -2.08. The van der Waals surface area contributed by atoms with E-state index in [1.165, 1.54) is 25.2 Å². The summed E-state index contributed by atoms with van der Waals surface area (Å²) in [5, 5.41) is 3.63. The van der Waals surface area contributed by atoms with Gasteiger partial charge in [-0.25, -0.2) is 32.1 Å². The quantitative estimate of drug-likeness (QED) is 0.694. The molecule has 0 saturated heterocycles. The second kappa shape index (κ2) is 7.39. The van der Waals surface area contributed by atoms with Gasteiger partial charge < -0.3 is 9.47 Å². The third kappa shape index (κ3) is 3.59. The molecule has 2 aromatic rings. The molecular weight excluding hydrogens is 368 g/mol. The van der Waals surface area contributed by atoms with Crippen LogP contribution in [0.2, 0.25) is 0 Å². The van der Waals surface area contributed by atoms with Crippen molar-refractivity contribution in [2.75, 3.05) is 13.7 Å². The molecule has 0 bridgehead atoms. The highest BCUT2D eigenvalue weighted by Crippen LogP contribution is 2.16. The molecule has 0 fully saturated rings. The topological polar surface area (TPSA) is 139 Å². The van der Waals surface area contributed by atoms with Crippen molar-refractivity contribution < 1.29 is 27.5 Å². The van der Waals surface area contributed by atoms with Crippen LogP contribution in [-0.4, -0.2) is 48.5 Å². The minimum Gasteiger partial charge on any atom is -0.465 e. The van der Waals surface area contributed by atoms with Gasteiger partial charge >= 0.3 is 23.7 Å². The smallest absolute Gasteiger partial charge is 0.360 e. The van der Waals surface area contributed by atoms with Gasteiger partial charge in [0.05, 0.1) is 19.3 Å². The number of nitrogens with zero attached hydrogens (tertiary/aromatic N) is 3. The summed E-state index contributed by atoms with van der Waals surface area (Å²) in [6.45, 7) is 1.84. The fraction of sp³-hybridized carbons (Fsp3) is 0.286. The highest BCUT2D eigenvalue weighted by Gasteiger charge is 2.27. The van der Waals surface area contributed by atoms with Gasteiger partial charge in [0, 0.05) is 7.05 Å². The van der Waals surface area contributed by atoms with Crippen LogP contribution in [0.4, 0.5) is 4.79 Å². The van der Waals surface area contributed by atoms with Crippen molar-refractivity contribution in [1.29, 1.82) is 0 Å². The molecule has 1 heterocycles. The van der Waals surface area contributed by atoms with Crippen molar-refractivity contribution in [3.8, 4) is 6.01 Å². The Balaban J connectivity index is 2.40. The number of ether oxygens (including phenoxy) is 2. The Hall–Kier alpha value is -3.15. The van der Waals surface area contributed by atoms with Crippen LogP contribution in [0.25, 0.3) is 0 Å². The molecule has 0 aliphatic carbocycles. The third-order valence-electron chi connectivity index (χ3n) is 3.21. The highest BCUT2D eigenvalue weighted by atomic mass is 32.2. The van der Waals surface area contributed by atoms with Crippen LogP contribution in [0.15, 0.2) is 34.0 Å². The Morgan fingerprint density at radius 1 is 1.27 bits per heavy atom. The van der Waals surface area contributed by atoms with Crippen LogP contribution in [0.5, 0.6) is 6.01 Å². The van der Waals surface area contributed by atoms with Crippen molar-refractivity contribution in [3.63, 3.8) is 0 Å². The molecule has 0 aliphatic heterocycles. The van der Waals surface area contributed by atoms with Crippen molar-refractivity contribution in [1.82, 2.24) is 19.1 Å². The van der Waals surface area contributed by atoms with Gasteiger partial charge in [-0.3, -0.25) is 0 Å². The van der Waals surface area contributed by atoms with E-state index in [-0.39, 0.29) is 18.2 Å². The number of hydrogen-bond acceptors (Lipinski definition) is 8. The molecule has 1 N–H and O–H groups in total. The van der Waals surface area contributed by atoms with Crippen LogP contribution in [-0.2, 0) is 21.8 Å². The van der Waals surface area contributed by atoms with Crippen LogP contribution >= 0.6 is 0 Å². The maximum Gasteiger partial charge on any atom is 0.360 e. The predicted octanol–water partition coefficient (Wildman–Crippen LogP) is -0.286. The van der Waals surface area contributed by atoms with Crippen LogP contribution in [0.1, 0.15) is 17.3 Å². The molecule has 2 rings (SSSR count). The minimum absolute atomic E-state index is 0.153. The largest absolute Gasteiger partial charge is 0.465 e. The zero-order chi connectivity index (χ0) is 19.5. The Morgan fingerprint density at radius 2 is 1.92 bits per heavy atom. The van der Waals surface area contributed by atoms with Gasteiger partial charge in [0.2, 0.25) is 0 Å². The Bertz CT molecular complexity index is 1010. The minimum atomic E-state index is -4.48. The van der Waals surface area contributed by atoms with Gasteiger partial charge in [-0.05, 0) is 19.1 Å². The number of sulfonamides is 1. The lowest BCUT2D eigenvalue weighted by Crippen LogP contribution is -2.40. The average Bonchev–Trinajstić information content (AvgIpc) is 2.89. The van der Waals surface area contributed by atoms with Gasteiger partial charge in [0.1, 0.15) is 4.90 Å². The molecule has 1 aromatic carbocycles. The molecule has 26 heavy (non-hydrogen) atoms. The van der Waals surface area contributed by atoms with E-state index in [2.05, 4.69) is 9.84 Å². The molecule has 11 nitrogen and oxygen atoms in total. The van der Waals surface area contributed by atoms with Crippen molar-refractivity contribution in [2.45, 2.75) is 11.8 Å². The third-order valence-corrected chi connectivity index (χ3v) is 4.59. The second-order valence-electron chi connectivity index (χ2n) is 4.87. The summed E-state index contributed by atoms with van der Waals surface area (Å²) in [5.74, 6) is -0.896. The van der Waals surface area contributed by atoms with E-state index in [4.69, 9.17) is 4.74 Å². The fourth-order valence-corrected chi connectivity index (χ4v) is 3.12. The molecule has 0 saturated carbocycles. The first-order chi connectivity index (χ1) is 12.2. The number of esters is 1. The summed E-state index contributed by atoms with van der Waals surface area (Å²) in [5.41, 5.74) is -1.17. The number of rotatable bonds is 5. The summed E-state index contributed by atoms with van der Waals surface area (Å²) in [4.78, 5) is 35.4. The molecular formula is C14H16N4O7S. The molecule has 1 aromatic heterocycles. The molecule has 0 unspecified atom stereocenters. The molecule has 1 amide bonds. The number of amides is 1. The monoisotopic (exact) mass is 384 g/mol. The van der Waals surface area contributed by atoms with Gasteiger partial charge in [0.15, 0.2) is 0 Å². The van der Waals surface area contributed by atoms with Gasteiger partial charge in [-0.1, -0.05) is 12.1 Å². The lowest BCUT2D eigenvalue weighted by Gasteiger charge is -2.09. The molecule has 12 heteroatoms. The molecule has 140 valence electrons. The molecule has 0 aliphatic rings. The maximum atomic E-state index is 12.5. The first-order valence-electron chi connectivity index (χ1n) is 7.26. The molecule has 0 atom stereocenters. The Labute approximate surface area is 148 Å². The summed E-state index contributed by atoms with van der Waals surface area (Å²) >= 11 is 0. The van der Waals surface area contributed by atoms with Crippen LogP contribution in [0, 0.1) is 0 Å². The summed E-state index contributed by atoms with van der Waals surface area (Å²) < 4.78 is 37.5. The lowest BCUT2D eigenvalue weighted by molar-refractivity contribution is 0.0596. The van der Waals surface area contributed by atoms with E-state index in [0.717, 1.165) is 17.7 Å². The summed E-state index contributed by atoms with van der Waals surface area (Å²) in [6.07, 6.45) is 0. The zero-order valence-electron chi connectivity index (χ0n) is 14.1. The normalized spacial score (nSPS) is 11.0. The maximum absolute atomic E-state index is 12.5. The number of benzene rings is 1. The van der Waals surface area contributed by atoms with E-state index >= 15 is 0 Å². The van der Waals surface area contributed by atoms with Gasteiger partial charge in [-0.2, -0.15) is 0 Å². The summed E-state index contributed by atoms with van der Waals surface area (Å²) in [6, 6.07) is 3.67. The SMILES string of the molecule is CCOc1nn(C(=O)NS(=O)(=O)c2ccccc2C(=O)OC)c(=O)n1C. The number of methoxy groups -OCH3 is 1. The zero-order valence-corrected chi connectivity index (χ0v) is 14.9. The number of nitrogens with one attached hydrogen (secondary N) is 1. The van der Waals surface area contributed by atoms with E-state index in [1.807, 2.05) is 0 Å². The Kier molecular flexibility index (Phi) is 5.45. The number of carbonyl (C=O) groups is 2. The number of hydrogen-bond donors (Lipinski definition) is 1. The average molecular weight is 384 g/mol. The highest BCUT2D eigenvalue weighted by molar-refractivity contribution is 7.90.